The summed E-state index contributed by atoms with van der Waals surface area (Å²) in [4.78, 5) is 3.67. The van der Waals surface area contributed by atoms with E-state index < -0.39 is 0 Å². The van der Waals surface area contributed by atoms with E-state index in [1.165, 1.54) is 26.6 Å². The van der Waals surface area contributed by atoms with E-state index in [0.29, 0.717) is 0 Å². The number of hydrogen-bond donors (Lipinski definition) is 1. The Morgan fingerprint density at radius 1 is 1.05 bits per heavy atom. The van der Waals surface area contributed by atoms with E-state index in [1.807, 2.05) is 7.05 Å². The second-order valence-electron chi connectivity index (χ2n) is 5.23. The number of nitrogens with one attached hydrogen (secondary N) is 1. The third-order valence-corrected chi connectivity index (χ3v) is 4.96. The molecule has 0 unspecified atom stereocenters. The summed E-state index contributed by atoms with van der Waals surface area (Å²) >= 11 is 1.80. The lowest BCUT2D eigenvalue weighted by Crippen LogP contribution is -2.23. The molecule has 0 radical (unpaired) electrons. The molecule has 2 aromatic rings. The normalized spacial score (nSPS) is 16.0. The van der Waals surface area contributed by atoms with Crippen molar-refractivity contribution in [2.75, 3.05) is 32.5 Å². The fourth-order valence-electron chi connectivity index (χ4n) is 2.51. The Hall–Kier alpha value is -1.58. The molecule has 0 amide bonds. The van der Waals surface area contributed by atoms with Crippen molar-refractivity contribution in [3.8, 4) is 10.4 Å². The van der Waals surface area contributed by atoms with E-state index in [0.717, 1.165) is 19.5 Å². The van der Waals surface area contributed by atoms with Crippen LogP contribution < -0.4 is 5.32 Å². The van der Waals surface area contributed by atoms with Gasteiger partial charge in [0.05, 0.1) is 5.00 Å². The third kappa shape index (κ3) is 2.79. The number of nitrogens with zero attached hydrogens (tertiary/aromatic N) is 1. The molecular weight excluding hydrogens is 264 g/mol. The zero-order valence-electron chi connectivity index (χ0n) is 12.0. The average molecular weight is 284 g/mol. The topological polar surface area (TPSA) is 15.3 Å². The highest BCUT2D eigenvalue weighted by molar-refractivity contribution is 7.19. The first-order valence-corrected chi connectivity index (χ1v) is 7.84. The summed E-state index contributed by atoms with van der Waals surface area (Å²) < 4.78 is 0. The number of anilines is 1. The van der Waals surface area contributed by atoms with Gasteiger partial charge in [-0.3, -0.25) is 0 Å². The molecule has 1 aromatic heterocycles. The number of benzene rings is 1. The lowest BCUT2D eigenvalue weighted by Gasteiger charge is -2.22. The second kappa shape index (κ2) is 5.81. The standard InChI is InChI=1S/C17H20N2S/c1-18-17-8-7-16(20-17)15-5-3-13(4-6-15)14-9-11-19(2)12-10-14/h3-9,18H,10-12H2,1-2H3. The van der Waals surface area contributed by atoms with Gasteiger partial charge < -0.3 is 10.2 Å². The molecule has 1 aliphatic rings. The van der Waals surface area contributed by atoms with E-state index in [9.17, 15) is 0 Å². The first-order chi connectivity index (χ1) is 9.76. The minimum atomic E-state index is 1.06. The van der Waals surface area contributed by atoms with Crippen LogP contribution in [0.1, 0.15) is 12.0 Å². The van der Waals surface area contributed by atoms with Crippen LogP contribution >= 0.6 is 11.3 Å². The highest BCUT2D eigenvalue weighted by atomic mass is 32.1. The number of thiophene rings is 1. The van der Waals surface area contributed by atoms with Crippen molar-refractivity contribution in [3.63, 3.8) is 0 Å². The number of rotatable bonds is 3. The number of hydrogen-bond acceptors (Lipinski definition) is 3. The van der Waals surface area contributed by atoms with Gasteiger partial charge in [-0.1, -0.05) is 30.3 Å². The molecule has 1 aliphatic heterocycles. The summed E-state index contributed by atoms with van der Waals surface area (Å²) in [5.74, 6) is 0. The summed E-state index contributed by atoms with van der Waals surface area (Å²) in [5.41, 5.74) is 4.15. The average Bonchev–Trinajstić information content (AvgIpc) is 2.97. The summed E-state index contributed by atoms with van der Waals surface area (Å²) in [6.45, 7) is 2.22. The van der Waals surface area contributed by atoms with Crippen LogP contribution in [-0.4, -0.2) is 32.1 Å². The molecule has 1 aromatic carbocycles. The van der Waals surface area contributed by atoms with Gasteiger partial charge in [-0.25, -0.2) is 0 Å². The van der Waals surface area contributed by atoms with Crippen molar-refractivity contribution < 1.29 is 0 Å². The highest BCUT2D eigenvalue weighted by Crippen LogP contribution is 2.32. The predicted molar refractivity (Wildman–Crippen MR) is 89.4 cm³/mol. The molecule has 2 nitrogen and oxygen atoms in total. The second-order valence-corrected chi connectivity index (χ2v) is 6.32. The van der Waals surface area contributed by atoms with Crippen LogP contribution in [-0.2, 0) is 0 Å². The van der Waals surface area contributed by atoms with E-state index in [2.05, 4.69) is 59.7 Å². The molecule has 0 atom stereocenters. The fraction of sp³-hybridized carbons (Fsp3) is 0.294. The maximum atomic E-state index is 3.19. The fourth-order valence-corrected chi connectivity index (χ4v) is 3.37. The molecule has 2 heterocycles. The van der Waals surface area contributed by atoms with Gasteiger partial charge in [-0.2, -0.15) is 0 Å². The molecule has 0 fully saturated rings. The Morgan fingerprint density at radius 2 is 1.80 bits per heavy atom. The van der Waals surface area contributed by atoms with Gasteiger partial charge in [0.2, 0.25) is 0 Å². The predicted octanol–water partition coefficient (Wildman–Crippen LogP) is 4.18. The Balaban J connectivity index is 1.81. The summed E-state index contributed by atoms with van der Waals surface area (Å²) in [6, 6.07) is 13.3. The molecule has 20 heavy (non-hydrogen) atoms. The lowest BCUT2D eigenvalue weighted by atomic mass is 9.98. The van der Waals surface area contributed by atoms with Crippen molar-refractivity contribution in [1.29, 1.82) is 0 Å². The molecule has 0 saturated heterocycles. The van der Waals surface area contributed by atoms with E-state index in [4.69, 9.17) is 0 Å². The van der Waals surface area contributed by atoms with Crippen LogP contribution in [0.4, 0.5) is 5.00 Å². The van der Waals surface area contributed by atoms with Crippen molar-refractivity contribution in [2.24, 2.45) is 0 Å². The minimum Gasteiger partial charge on any atom is -0.380 e. The zero-order chi connectivity index (χ0) is 13.9. The monoisotopic (exact) mass is 284 g/mol. The summed E-state index contributed by atoms with van der Waals surface area (Å²) in [6.07, 6.45) is 3.50. The zero-order valence-corrected chi connectivity index (χ0v) is 12.8. The molecule has 0 bridgehead atoms. The third-order valence-electron chi connectivity index (χ3n) is 3.80. The highest BCUT2D eigenvalue weighted by Gasteiger charge is 2.10. The molecule has 0 aliphatic carbocycles. The van der Waals surface area contributed by atoms with E-state index >= 15 is 0 Å². The Morgan fingerprint density at radius 3 is 2.40 bits per heavy atom. The van der Waals surface area contributed by atoms with E-state index in [-0.39, 0.29) is 0 Å². The molecule has 104 valence electrons. The summed E-state index contributed by atoms with van der Waals surface area (Å²) in [5, 5.41) is 4.40. The van der Waals surface area contributed by atoms with Crippen molar-refractivity contribution in [1.82, 2.24) is 4.90 Å². The van der Waals surface area contributed by atoms with Gasteiger partial charge in [-0.05, 0) is 42.3 Å². The SMILES string of the molecule is CNc1ccc(-c2ccc(C3=CCN(C)CC3)cc2)s1. The van der Waals surface area contributed by atoms with Crippen LogP contribution in [0.5, 0.6) is 0 Å². The Labute approximate surface area is 124 Å². The maximum Gasteiger partial charge on any atom is 0.0886 e. The van der Waals surface area contributed by atoms with Gasteiger partial charge in [0, 0.05) is 25.0 Å². The van der Waals surface area contributed by atoms with Crippen molar-refractivity contribution >= 4 is 21.9 Å². The first-order valence-electron chi connectivity index (χ1n) is 7.02. The van der Waals surface area contributed by atoms with Crippen LogP contribution in [0.3, 0.4) is 0 Å². The van der Waals surface area contributed by atoms with Crippen molar-refractivity contribution in [2.45, 2.75) is 6.42 Å². The Bertz CT molecular complexity index is 610. The van der Waals surface area contributed by atoms with Gasteiger partial charge >= 0.3 is 0 Å². The van der Waals surface area contributed by atoms with Gasteiger partial charge in [0.15, 0.2) is 0 Å². The number of likely N-dealkylation sites (N-methyl/N-ethyl adjacent to an activating group) is 1. The van der Waals surface area contributed by atoms with Gasteiger partial charge in [0.1, 0.15) is 0 Å². The van der Waals surface area contributed by atoms with E-state index in [1.54, 1.807) is 11.3 Å². The summed E-state index contributed by atoms with van der Waals surface area (Å²) in [7, 11) is 4.14. The molecule has 0 spiro atoms. The lowest BCUT2D eigenvalue weighted by molar-refractivity contribution is 0.370. The van der Waals surface area contributed by atoms with Gasteiger partial charge in [-0.15, -0.1) is 11.3 Å². The molecule has 3 rings (SSSR count). The maximum absolute atomic E-state index is 3.19. The molecule has 0 saturated carbocycles. The molecule has 3 heteroatoms. The minimum absolute atomic E-state index is 1.06. The van der Waals surface area contributed by atoms with Crippen LogP contribution in [0.25, 0.3) is 16.0 Å². The van der Waals surface area contributed by atoms with Gasteiger partial charge in [0.25, 0.3) is 0 Å². The van der Waals surface area contributed by atoms with Crippen LogP contribution in [0.15, 0.2) is 42.5 Å². The van der Waals surface area contributed by atoms with Crippen LogP contribution in [0, 0.1) is 0 Å². The molecular formula is C17H20N2S. The van der Waals surface area contributed by atoms with Crippen LogP contribution in [0.2, 0.25) is 0 Å². The first kappa shape index (κ1) is 13.4. The smallest absolute Gasteiger partial charge is 0.0886 e. The quantitative estimate of drug-likeness (QED) is 0.909. The largest absolute Gasteiger partial charge is 0.380 e. The Kier molecular flexibility index (Phi) is 3.90. The van der Waals surface area contributed by atoms with Crippen molar-refractivity contribution in [3.05, 3.63) is 48.0 Å². The molecule has 1 N–H and O–H groups in total.